The Kier molecular flexibility index (Phi) is 3.13. The van der Waals surface area contributed by atoms with E-state index in [9.17, 15) is 9.59 Å². The van der Waals surface area contributed by atoms with Crippen molar-refractivity contribution in [1.29, 1.82) is 0 Å². The minimum atomic E-state index is -0.331. The molecule has 80 valence electrons. The summed E-state index contributed by atoms with van der Waals surface area (Å²) in [6.07, 6.45) is 0.653. The Bertz CT molecular complexity index is 251. The second-order valence-corrected chi connectivity index (χ2v) is 4.11. The van der Waals surface area contributed by atoms with Crippen LogP contribution < -0.4 is 5.32 Å². The number of amides is 2. The first-order valence-corrected chi connectivity index (χ1v) is 5.06. The van der Waals surface area contributed by atoms with E-state index in [1.165, 1.54) is 0 Å². The molecule has 1 fully saturated rings. The van der Waals surface area contributed by atoms with E-state index < -0.39 is 0 Å². The largest absolute Gasteiger partial charge is 0.343 e. The number of carbonyl (C=O) groups excluding carboxylic acids is 2. The van der Waals surface area contributed by atoms with Crippen molar-refractivity contribution in [3.63, 3.8) is 0 Å². The highest BCUT2D eigenvalue weighted by Gasteiger charge is 2.38. The van der Waals surface area contributed by atoms with Gasteiger partial charge in [-0.05, 0) is 12.3 Å². The van der Waals surface area contributed by atoms with E-state index in [-0.39, 0.29) is 29.8 Å². The molecule has 1 aliphatic rings. The first kappa shape index (κ1) is 11.0. The first-order valence-electron chi connectivity index (χ1n) is 5.06. The highest BCUT2D eigenvalue weighted by atomic mass is 16.2. The van der Waals surface area contributed by atoms with Crippen LogP contribution in [0.4, 0.5) is 0 Å². The summed E-state index contributed by atoms with van der Waals surface area (Å²) < 4.78 is 0. The Hall–Kier alpha value is -1.06. The van der Waals surface area contributed by atoms with Gasteiger partial charge in [0.15, 0.2) is 0 Å². The third kappa shape index (κ3) is 1.74. The Morgan fingerprint density at radius 1 is 1.43 bits per heavy atom. The monoisotopic (exact) mass is 198 g/mol. The number of carbonyl (C=O) groups is 2. The normalized spacial score (nSPS) is 28.2. The van der Waals surface area contributed by atoms with Crippen LogP contribution in [0.15, 0.2) is 0 Å². The number of nitrogens with zero attached hydrogens (tertiary/aromatic N) is 1. The Morgan fingerprint density at radius 3 is 2.43 bits per heavy atom. The third-order valence-corrected chi connectivity index (χ3v) is 2.69. The minimum Gasteiger partial charge on any atom is -0.343 e. The Labute approximate surface area is 84.7 Å². The second-order valence-electron chi connectivity index (χ2n) is 4.11. The molecule has 1 saturated heterocycles. The molecule has 2 atom stereocenters. The average molecular weight is 198 g/mol. The molecule has 0 spiro atoms. The maximum atomic E-state index is 11.7. The van der Waals surface area contributed by atoms with Crippen molar-refractivity contribution in [2.45, 2.75) is 39.3 Å². The van der Waals surface area contributed by atoms with Crippen LogP contribution in [0.1, 0.15) is 27.2 Å². The van der Waals surface area contributed by atoms with Gasteiger partial charge in [-0.25, -0.2) is 0 Å². The SMILES string of the molecule is CCC1NC(=O)C(C(C)C)N(C)C1=O. The molecule has 14 heavy (non-hydrogen) atoms. The van der Waals surface area contributed by atoms with Gasteiger partial charge < -0.3 is 10.2 Å². The summed E-state index contributed by atoms with van der Waals surface area (Å²) in [5.74, 6) is 0.140. The molecule has 4 nitrogen and oxygen atoms in total. The summed E-state index contributed by atoms with van der Waals surface area (Å²) in [5.41, 5.74) is 0. The Balaban J connectivity index is 2.85. The molecule has 0 aromatic rings. The molecule has 2 amide bonds. The summed E-state index contributed by atoms with van der Waals surface area (Å²) >= 11 is 0. The fourth-order valence-electron chi connectivity index (χ4n) is 1.90. The number of likely N-dealkylation sites (N-methyl/N-ethyl adjacent to an activating group) is 1. The minimum absolute atomic E-state index is 0.0193. The topological polar surface area (TPSA) is 49.4 Å². The molecule has 0 aliphatic carbocycles. The number of rotatable bonds is 2. The van der Waals surface area contributed by atoms with Crippen LogP contribution in [0, 0.1) is 5.92 Å². The zero-order valence-electron chi connectivity index (χ0n) is 9.20. The summed E-state index contributed by atoms with van der Waals surface area (Å²) in [5, 5.41) is 2.75. The van der Waals surface area contributed by atoms with Crippen molar-refractivity contribution < 1.29 is 9.59 Å². The molecular formula is C10H18N2O2. The van der Waals surface area contributed by atoms with E-state index in [0.29, 0.717) is 6.42 Å². The number of piperazine rings is 1. The van der Waals surface area contributed by atoms with Gasteiger partial charge in [-0.1, -0.05) is 20.8 Å². The average Bonchev–Trinajstić information content (AvgIpc) is 2.10. The number of nitrogens with one attached hydrogen (secondary N) is 1. The van der Waals surface area contributed by atoms with Gasteiger partial charge >= 0.3 is 0 Å². The van der Waals surface area contributed by atoms with Gasteiger partial charge in [0, 0.05) is 7.05 Å². The van der Waals surface area contributed by atoms with Crippen LogP contribution in [0.5, 0.6) is 0 Å². The Morgan fingerprint density at radius 2 is 2.00 bits per heavy atom. The molecule has 1 rings (SSSR count). The van der Waals surface area contributed by atoms with Crippen molar-refractivity contribution in [3.05, 3.63) is 0 Å². The van der Waals surface area contributed by atoms with E-state index in [4.69, 9.17) is 0 Å². The molecule has 0 saturated carbocycles. The van der Waals surface area contributed by atoms with Crippen LogP contribution >= 0.6 is 0 Å². The first-order chi connectivity index (χ1) is 6.49. The summed E-state index contributed by atoms with van der Waals surface area (Å²) in [4.78, 5) is 25.0. The lowest BCUT2D eigenvalue weighted by Gasteiger charge is -2.38. The predicted octanol–water partition coefficient (Wildman–Crippen LogP) is 0.378. The van der Waals surface area contributed by atoms with Gasteiger partial charge in [0.05, 0.1) is 0 Å². The van der Waals surface area contributed by atoms with Gasteiger partial charge in [0.25, 0.3) is 0 Å². The van der Waals surface area contributed by atoms with Crippen LogP contribution in [-0.4, -0.2) is 35.8 Å². The zero-order valence-corrected chi connectivity index (χ0v) is 9.20. The molecule has 1 N–H and O–H groups in total. The van der Waals surface area contributed by atoms with Crippen molar-refractivity contribution >= 4 is 11.8 Å². The summed E-state index contributed by atoms with van der Waals surface area (Å²) in [6, 6.07) is -0.646. The van der Waals surface area contributed by atoms with Gasteiger partial charge in [0.1, 0.15) is 12.1 Å². The highest BCUT2D eigenvalue weighted by Crippen LogP contribution is 2.16. The van der Waals surface area contributed by atoms with E-state index in [1.807, 2.05) is 20.8 Å². The van der Waals surface area contributed by atoms with Crippen molar-refractivity contribution in [3.8, 4) is 0 Å². The van der Waals surface area contributed by atoms with Gasteiger partial charge in [-0.2, -0.15) is 0 Å². The van der Waals surface area contributed by atoms with Crippen molar-refractivity contribution in [2.24, 2.45) is 5.92 Å². The molecule has 0 aromatic carbocycles. The van der Waals surface area contributed by atoms with Crippen LogP contribution in [0.3, 0.4) is 0 Å². The van der Waals surface area contributed by atoms with Gasteiger partial charge in [-0.3, -0.25) is 9.59 Å². The quantitative estimate of drug-likeness (QED) is 0.697. The van der Waals surface area contributed by atoms with Crippen molar-refractivity contribution in [1.82, 2.24) is 10.2 Å². The lowest BCUT2D eigenvalue weighted by molar-refractivity contribution is -0.149. The fourth-order valence-corrected chi connectivity index (χ4v) is 1.90. The molecule has 0 radical (unpaired) electrons. The zero-order chi connectivity index (χ0) is 10.9. The molecule has 0 bridgehead atoms. The van der Waals surface area contributed by atoms with Gasteiger partial charge in [-0.15, -0.1) is 0 Å². The molecule has 1 heterocycles. The second kappa shape index (κ2) is 3.98. The molecule has 0 aromatic heterocycles. The van der Waals surface area contributed by atoms with E-state index in [0.717, 1.165) is 0 Å². The molecule has 1 aliphatic heterocycles. The standard InChI is InChI=1S/C10H18N2O2/c1-5-7-10(14)12(4)8(6(2)3)9(13)11-7/h6-8H,5H2,1-4H3,(H,11,13). The van der Waals surface area contributed by atoms with Crippen molar-refractivity contribution in [2.75, 3.05) is 7.05 Å². The molecule has 2 unspecified atom stereocenters. The summed E-state index contributed by atoms with van der Waals surface area (Å²) in [6.45, 7) is 5.78. The van der Waals surface area contributed by atoms with Crippen LogP contribution in [0.25, 0.3) is 0 Å². The van der Waals surface area contributed by atoms with E-state index in [1.54, 1.807) is 11.9 Å². The van der Waals surface area contributed by atoms with Crippen LogP contribution in [-0.2, 0) is 9.59 Å². The number of hydrogen-bond acceptors (Lipinski definition) is 2. The van der Waals surface area contributed by atoms with E-state index in [2.05, 4.69) is 5.32 Å². The number of hydrogen-bond donors (Lipinski definition) is 1. The van der Waals surface area contributed by atoms with Crippen LogP contribution in [0.2, 0.25) is 0 Å². The summed E-state index contributed by atoms with van der Waals surface area (Å²) in [7, 11) is 1.70. The maximum absolute atomic E-state index is 11.7. The maximum Gasteiger partial charge on any atom is 0.245 e. The predicted molar refractivity (Wildman–Crippen MR) is 53.6 cm³/mol. The fraction of sp³-hybridized carbons (Fsp3) is 0.800. The highest BCUT2D eigenvalue weighted by molar-refractivity contribution is 5.96. The molecule has 4 heteroatoms. The van der Waals surface area contributed by atoms with Gasteiger partial charge in [0.2, 0.25) is 11.8 Å². The lowest BCUT2D eigenvalue weighted by atomic mass is 9.97. The molecular weight excluding hydrogens is 180 g/mol. The smallest absolute Gasteiger partial charge is 0.245 e. The third-order valence-electron chi connectivity index (χ3n) is 2.69. The van der Waals surface area contributed by atoms with E-state index >= 15 is 0 Å². The lowest BCUT2D eigenvalue weighted by Crippen LogP contribution is -2.63.